The van der Waals surface area contributed by atoms with Gasteiger partial charge in [-0.3, -0.25) is 0 Å². The predicted molar refractivity (Wildman–Crippen MR) is 108 cm³/mol. The molecule has 0 aliphatic carbocycles. The van der Waals surface area contributed by atoms with Crippen molar-refractivity contribution in [1.82, 2.24) is 9.99 Å². The molecule has 0 aliphatic rings. The van der Waals surface area contributed by atoms with Crippen molar-refractivity contribution in [3.05, 3.63) is 85.4 Å². The van der Waals surface area contributed by atoms with Crippen molar-refractivity contribution in [3.8, 4) is 0 Å². The van der Waals surface area contributed by atoms with E-state index in [-0.39, 0.29) is 0 Å². The van der Waals surface area contributed by atoms with Crippen LogP contribution in [0.3, 0.4) is 0 Å². The van der Waals surface area contributed by atoms with E-state index in [1.807, 2.05) is 30.3 Å². The number of hydrazine groups is 1. The summed E-state index contributed by atoms with van der Waals surface area (Å²) < 4.78 is 2.25. The Hall–Kier alpha value is -3.04. The van der Waals surface area contributed by atoms with Crippen LogP contribution in [-0.2, 0) is 0 Å². The van der Waals surface area contributed by atoms with E-state index in [2.05, 4.69) is 77.2 Å². The fourth-order valence-electron chi connectivity index (χ4n) is 3.30. The molecule has 3 aromatic carbocycles. The first-order valence-corrected chi connectivity index (χ1v) is 8.44. The zero-order valence-corrected chi connectivity index (χ0v) is 14.3. The van der Waals surface area contributed by atoms with Crippen molar-refractivity contribution < 1.29 is 0 Å². The summed E-state index contributed by atoms with van der Waals surface area (Å²) >= 11 is 0. The summed E-state index contributed by atoms with van der Waals surface area (Å²) in [5, 5.41) is 4.55. The van der Waals surface area contributed by atoms with E-state index in [1.165, 1.54) is 21.8 Å². The molecule has 3 heteroatoms. The third-order valence-corrected chi connectivity index (χ3v) is 4.56. The Balaban J connectivity index is 1.66. The lowest BCUT2D eigenvalue weighted by Crippen LogP contribution is -2.35. The molecule has 0 spiro atoms. The highest BCUT2D eigenvalue weighted by molar-refractivity contribution is 6.09. The summed E-state index contributed by atoms with van der Waals surface area (Å²) in [6.45, 7) is 5.00. The molecule has 0 amide bonds. The van der Waals surface area contributed by atoms with Gasteiger partial charge in [0.05, 0.1) is 23.3 Å². The zero-order chi connectivity index (χ0) is 17.2. The largest absolute Gasteiger partial charge is 0.312 e. The summed E-state index contributed by atoms with van der Waals surface area (Å²) in [6.07, 6.45) is 0. The van der Waals surface area contributed by atoms with Gasteiger partial charge < -0.3 is 9.58 Å². The molecule has 4 aromatic rings. The van der Waals surface area contributed by atoms with Crippen LogP contribution in [0.25, 0.3) is 27.5 Å². The van der Waals surface area contributed by atoms with Crippen LogP contribution in [-0.4, -0.2) is 18.2 Å². The van der Waals surface area contributed by atoms with E-state index in [1.54, 1.807) is 0 Å². The Bertz CT molecular complexity index is 978. The highest BCUT2D eigenvalue weighted by Gasteiger charge is 2.12. The molecule has 1 heterocycles. The summed E-state index contributed by atoms with van der Waals surface area (Å²) in [5.41, 5.74) is 7.95. The van der Waals surface area contributed by atoms with Crippen LogP contribution in [0.5, 0.6) is 0 Å². The van der Waals surface area contributed by atoms with Gasteiger partial charge in [0.25, 0.3) is 0 Å². The highest BCUT2D eigenvalue weighted by atomic mass is 15.5. The second-order valence-corrected chi connectivity index (χ2v) is 6.17. The average molecular weight is 327 g/mol. The van der Waals surface area contributed by atoms with Gasteiger partial charge in [0, 0.05) is 23.5 Å². The van der Waals surface area contributed by atoms with Crippen LogP contribution in [0.1, 0.15) is 0 Å². The second kappa shape index (κ2) is 6.46. The Morgan fingerprint density at radius 3 is 1.96 bits per heavy atom. The minimum Gasteiger partial charge on any atom is -0.312 e. The average Bonchev–Trinajstić information content (AvgIpc) is 3.01. The summed E-state index contributed by atoms with van der Waals surface area (Å²) in [7, 11) is 2.02. The minimum absolute atomic E-state index is 0.661. The molecular weight excluding hydrogens is 306 g/mol. The molecule has 0 saturated heterocycles. The van der Waals surface area contributed by atoms with Gasteiger partial charge in [0.15, 0.2) is 0 Å². The summed E-state index contributed by atoms with van der Waals surface area (Å²) in [6, 6.07) is 27.2. The van der Waals surface area contributed by atoms with Crippen LogP contribution in [0.15, 0.2) is 85.4 Å². The molecule has 0 aliphatic heterocycles. The van der Waals surface area contributed by atoms with Gasteiger partial charge in [-0.25, -0.2) is 5.43 Å². The first kappa shape index (κ1) is 15.5. The van der Waals surface area contributed by atoms with Crippen LogP contribution < -0.4 is 10.4 Å². The molecule has 0 unspecified atom stereocenters. The number of benzene rings is 3. The maximum atomic E-state index is 4.34. The fraction of sp³-hybridized carbons (Fsp3) is 0.0909. The van der Waals surface area contributed by atoms with Crippen molar-refractivity contribution >= 4 is 33.2 Å². The van der Waals surface area contributed by atoms with Gasteiger partial charge in [-0.15, -0.1) is 0 Å². The molecule has 3 nitrogen and oxygen atoms in total. The van der Waals surface area contributed by atoms with Crippen molar-refractivity contribution in [2.45, 2.75) is 0 Å². The van der Waals surface area contributed by atoms with E-state index in [4.69, 9.17) is 0 Å². The van der Waals surface area contributed by atoms with Crippen molar-refractivity contribution in [1.29, 1.82) is 0 Å². The number of nitrogens with zero attached hydrogens (tertiary/aromatic N) is 2. The Morgan fingerprint density at radius 1 is 0.840 bits per heavy atom. The second-order valence-electron chi connectivity index (χ2n) is 6.17. The normalized spacial score (nSPS) is 11.1. The SMILES string of the molecule is C=C(CNN(C)c1ccccc1)n1c2ccccc2c2ccccc21. The smallest absolute Gasteiger partial charge is 0.0552 e. The maximum Gasteiger partial charge on any atom is 0.0552 e. The standard InChI is InChI=1S/C22H21N3/c1-17(16-23-24(2)18-10-4-3-5-11-18)25-21-14-8-6-12-19(21)20-13-7-9-15-22(20)25/h3-15,23H,1,16H2,2H3. The molecule has 4 rings (SSSR count). The summed E-state index contributed by atoms with van der Waals surface area (Å²) in [4.78, 5) is 0. The fourth-order valence-corrected chi connectivity index (χ4v) is 3.30. The lowest BCUT2D eigenvalue weighted by atomic mass is 10.2. The molecule has 1 N–H and O–H groups in total. The zero-order valence-electron chi connectivity index (χ0n) is 14.3. The molecule has 1 aromatic heterocycles. The van der Waals surface area contributed by atoms with Crippen molar-refractivity contribution in [2.75, 3.05) is 18.6 Å². The quantitative estimate of drug-likeness (QED) is 0.526. The van der Waals surface area contributed by atoms with Crippen molar-refractivity contribution in [3.63, 3.8) is 0 Å². The van der Waals surface area contributed by atoms with E-state index in [0.717, 1.165) is 11.4 Å². The molecule has 0 atom stereocenters. The van der Waals surface area contributed by atoms with Gasteiger partial charge >= 0.3 is 0 Å². The molecular formula is C22H21N3. The monoisotopic (exact) mass is 327 g/mol. The third-order valence-electron chi connectivity index (χ3n) is 4.56. The highest BCUT2D eigenvalue weighted by Crippen LogP contribution is 2.30. The maximum absolute atomic E-state index is 4.34. The summed E-state index contributed by atoms with van der Waals surface area (Å²) in [5.74, 6) is 0. The minimum atomic E-state index is 0.661. The predicted octanol–water partition coefficient (Wildman–Crippen LogP) is 4.91. The molecule has 0 radical (unpaired) electrons. The Kier molecular flexibility index (Phi) is 4.00. The van der Waals surface area contributed by atoms with E-state index < -0.39 is 0 Å². The molecule has 0 bridgehead atoms. The van der Waals surface area contributed by atoms with E-state index >= 15 is 0 Å². The van der Waals surface area contributed by atoms with Crippen molar-refractivity contribution in [2.24, 2.45) is 0 Å². The van der Waals surface area contributed by atoms with Gasteiger partial charge in [-0.1, -0.05) is 61.2 Å². The number of aromatic nitrogens is 1. The van der Waals surface area contributed by atoms with Crippen LogP contribution in [0.2, 0.25) is 0 Å². The lowest BCUT2D eigenvalue weighted by Gasteiger charge is -2.22. The number of anilines is 1. The van der Waals surface area contributed by atoms with Gasteiger partial charge in [-0.05, 0) is 24.3 Å². The molecule has 25 heavy (non-hydrogen) atoms. The molecule has 124 valence electrons. The Labute approximate surface area is 147 Å². The number of hydrogen-bond acceptors (Lipinski definition) is 2. The molecule has 0 saturated carbocycles. The van der Waals surface area contributed by atoms with Gasteiger partial charge in [0.2, 0.25) is 0 Å². The van der Waals surface area contributed by atoms with Crippen LogP contribution in [0, 0.1) is 0 Å². The number of hydrogen-bond donors (Lipinski definition) is 1. The Morgan fingerprint density at radius 2 is 1.36 bits per heavy atom. The first-order valence-electron chi connectivity index (χ1n) is 8.44. The topological polar surface area (TPSA) is 20.2 Å². The van der Waals surface area contributed by atoms with E-state index in [0.29, 0.717) is 6.54 Å². The third kappa shape index (κ3) is 2.79. The first-order chi connectivity index (χ1) is 12.3. The molecule has 0 fully saturated rings. The number of para-hydroxylation sites is 3. The van der Waals surface area contributed by atoms with E-state index in [9.17, 15) is 0 Å². The van der Waals surface area contributed by atoms with Crippen LogP contribution in [0.4, 0.5) is 5.69 Å². The van der Waals surface area contributed by atoms with Gasteiger partial charge in [-0.2, -0.15) is 0 Å². The number of fused-ring (bicyclic) bond motifs is 3. The van der Waals surface area contributed by atoms with Crippen LogP contribution >= 0.6 is 0 Å². The number of rotatable bonds is 5. The van der Waals surface area contributed by atoms with Gasteiger partial charge in [0.1, 0.15) is 0 Å². The lowest BCUT2D eigenvalue weighted by molar-refractivity contribution is 0.736. The number of nitrogens with one attached hydrogen (secondary N) is 1.